The molecule has 4 nitrogen and oxygen atoms in total. The van der Waals surface area contributed by atoms with Gasteiger partial charge >= 0.3 is 6.09 Å². The van der Waals surface area contributed by atoms with Crippen molar-refractivity contribution in [3.05, 3.63) is 36.0 Å². The molecule has 1 atom stereocenters. The largest absolute Gasteiger partial charge is 0.444 e. The van der Waals surface area contributed by atoms with Gasteiger partial charge in [-0.15, -0.1) is 0 Å². The first-order valence-corrected chi connectivity index (χ1v) is 7.99. The summed E-state index contributed by atoms with van der Waals surface area (Å²) in [5.74, 6) is 0. The van der Waals surface area contributed by atoms with Crippen LogP contribution in [-0.4, -0.2) is 34.2 Å². The fraction of sp³-hybridized carbons (Fsp3) is 0.500. The number of ether oxygens (including phenoxy) is 1. The molecule has 22 heavy (non-hydrogen) atoms. The molecule has 0 radical (unpaired) electrons. The highest BCUT2D eigenvalue weighted by atomic mass is 16.6. The number of carbonyl (C=O) groups is 1. The number of likely N-dealkylation sites (tertiary alicyclic amines) is 1. The first-order valence-electron chi connectivity index (χ1n) is 7.99. The van der Waals surface area contributed by atoms with Crippen molar-refractivity contribution < 1.29 is 9.53 Å². The SMILES string of the molecule is CC(C)(C)OC(=O)N1CCCC1Cc1c[nH]c2ccccc12. The van der Waals surface area contributed by atoms with E-state index in [4.69, 9.17) is 4.74 Å². The Morgan fingerprint density at radius 3 is 2.91 bits per heavy atom. The van der Waals surface area contributed by atoms with Crippen molar-refractivity contribution in [1.82, 2.24) is 9.88 Å². The van der Waals surface area contributed by atoms with E-state index in [0.717, 1.165) is 31.3 Å². The number of H-pyrrole nitrogens is 1. The van der Waals surface area contributed by atoms with Crippen molar-refractivity contribution in [2.75, 3.05) is 6.54 Å². The van der Waals surface area contributed by atoms with Crippen molar-refractivity contribution in [2.45, 2.75) is 51.7 Å². The summed E-state index contributed by atoms with van der Waals surface area (Å²) >= 11 is 0. The minimum atomic E-state index is -0.439. The molecule has 0 aliphatic carbocycles. The van der Waals surface area contributed by atoms with E-state index >= 15 is 0 Å². The van der Waals surface area contributed by atoms with E-state index < -0.39 is 5.60 Å². The second kappa shape index (κ2) is 5.67. The third-order valence-corrected chi connectivity index (χ3v) is 4.14. The molecular formula is C18H24N2O2. The zero-order valence-electron chi connectivity index (χ0n) is 13.6. The van der Waals surface area contributed by atoms with Crippen LogP contribution in [0.3, 0.4) is 0 Å². The van der Waals surface area contributed by atoms with Crippen molar-refractivity contribution in [3.8, 4) is 0 Å². The van der Waals surface area contributed by atoms with Crippen LogP contribution in [0.25, 0.3) is 10.9 Å². The van der Waals surface area contributed by atoms with Crippen molar-refractivity contribution in [1.29, 1.82) is 0 Å². The molecule has 1 saturated heterocycles. The molecule has 1 N–H and O–H groups in total. The van der Waals surface area contributed by atoms with Gasteiger partial charge in [-0.1, -0.05) is 18.2 Å². The van der Waals surface area contributed by atoms with Gasteiger partial charge in [0.2, 0.25) is 0 Å². The van der Waals surface area contributed by atoms with Crippen LogP contribution >= 0.6 is 0 Å². The minimum Gasteiger partial charge on any atom is -0.444 e. The van der Waals surface area contributed by atoms with E-state index in [0.29, 0.717) is 0 Å². The van der Waals surface area contributed by atoms with Gasteiger partial charge in [0.25, 0.3) is 0 Å². The predicted octanol–water partition coefficient (Wildman–Crippen LogP) is 4.11. The second-order valence-corrected chi connectivity index (χ2v) is 7.03. The Hall–Kier alpha value is -1.97. The van der Waals surface area contributed by atoms with E-state index in [9.17, 15) is 4.79 Å². The number of rotatable bonds is 2. The topological polar surface area (TPSA) is 45.3 Å². The molecule has 2 heterocycles. The summed E-state index contributed by atoms with van der Waals surface area (Å²) in [6.07, 6.45) is 4.85. The van der Waals surface area contributed by atoms with Crippen LogP contribution in [0, 0.1) is 0 Å². The summed E-state index contributed by atoms with van der Waals surface area (Å²) < 4.78 is 5.54. The lowest BCUT2D eigenvalue weighted by Crippen LogP contribution is -2.40. The van der Waals surface area contributed by atoms with E-state index in [1.165, 1.54) is 10.9 Å². The molecule has 1 aliphatic rings. The molecule has 1 aromatic heterocycles. The number of nitrogens with one attached hydrogen (secondary N) is 1. The maximum atomic E-state index is 12.4. The van der Waals surface area contributed by atoms with Gasteiger partial charge in [0.1, 0.15) is 5.60 Å². The molecule has 1 aromatic carbocycles. The Morgan fingerprint density at radius 1 is 1.36 bits per heavy atom. The average molecular weight is 300 g/mol. The minimum absolute atomic E-state index is 0.185. The van der Waals surface area contributed by atoms with Gasteiger partial charge in [0.15, 0.2) is 0 Å². The van der Waals surface area contributed by atoms with Gasteiger partial charge in [-0.3, -0.25) is 0 Å². The van der Waals surface area contributed by atoms with Crippen molar-refractivity contribution in [2.24, 2.45) is 0 Å². The number of benzene rings is 1. The lowest BCUT2D eigenvalue weighted by atomic mass is 10.0. The van der Waals surface area contributed by atoms with Crippen molar-refractivity contribution in [3.63, 3.8) is 0 Å². The molecule has 1 fully saturated rings. The number of nitrogens with zero attached hydrogens (tertiary/aromatic N) is 1. The average Bonchev–Trinajstić information content (AvgIpc) is 3.05. The Balaban J connectivity index is 1.75. The van der Waals surface area contributed by atoms with Crippen molar-refractivity contribution >= 4 is 17.0 Å². The van der Waals surface area contributed by atoms with Crippen LogP contribution < -0.4 is 0 Å². The van der Waals surface area contributed by atoms with Crippen LogP contribution in [0.1, 0.15) is 39.2 Å². The zero-order valence-corrected chi connectivity index (χ0v) is 13.6. The van der Waals surface area contributed by atoms with Gasteiger partial charge in [0.05, 0.1) is 0 Å². The van der Waals surface area contributed by atoms with Crippen LogP contribution in [0.15, 0.2) is 30.5 Å². The number of hydrogen-bond donors (Lipinski definition) is 1. The van der Waals surface area contributed by atoms with Gasteiger partial charge < -0.3 is 14.6 Å². The van der Waals surface area contributed by atoms with Crippen LogP contribution in [0.2, 0.25) is 0 Å². The molecule has 4 heteroatoms. The summed E-state index contributed by atoms with van der Waals surface area (Å²) in [5.41, 5.74) is 1.99. The highest BCUT2D eigenvalue weighted by molar-refractivity contribution is 5.83. The highest BCUT2D eigenvalue weighted by Gasteiger charge is 2.32. The number of hydrogen-bond acceptors (Lipinski definition) is 2. The van der Waals surface area contributed by atoms with E-state index in [1.807, 2.05) is 31.7 Å². The molecule has 2 aromatic rings. The summed E-state index contributed by atoms with van der Waals surface area (Å²) in [7, 11) is 0. The maximum Gasteiger partial charge on any atom is 0.410 e. The number of aromatic amines is 1. The quantitative estimate of drug-likeness (QED) is 0.907. The molecular weight excluding hydrogens is 276 g/mol. The number of carbonyl (C=O) groups excluding carboxylic acids is 1. The standard InChI is InChI=1S/C18H24N2O2/c1-18(2,3)22-17(21)20-10-6-7-14(20)11-13-12-19-16-9-5-4-8-15(13)16/h4-5,8-9,12,14,19H,6-7,10-11H2,1-3H3. The number of fused-ring (bicyclic) bond motifs is 1. The Labute approximate surface area is 131 Å². The van der Waals surface area contributed by atoms with Gasteiger partial charge in [-0.2, -0.15) is 0 Å². The van der Waals surface area contributed by atoms with E-state index in [2.05, 4.69) is 29.4 Å². The smallest absolute Gasteiger partial charge is 0.410 e. The lowest BCUT2D eigenvalue weighted by Gasteiger charge is -2.28. The first-order chi connectivity index (χ1) is 10.4. The second-order valence-electron chi connectivity index (χ2n) is 7.03. The predicted molar refractivity (Wildman–Crippen MR) is 88.0 cm³/mol. The summed E-state index contributed by atoms with van der Waals surface area (Å²) in [6.45, 7) is 6.53. The monoisotopic (exact) mass is 300 g/mol. The summed E-state index contributed by atoms with van der Waals surface area (Å²) in [4.78, 5) is 17.6. The molecule has 0 spiro atoms. The Bertz CT molecular complexity index is 669. The van der Waals surface area contributed by atoms with Gasteiger partial charge in [-0.05, 0) is 51.7 Å². The number of para-hydroxylation sites is 1. The molecule has 1 amide bonds. The molecule has 0 saturated carbocycles. The lowest BCUT2D eigenvalue weighted by molar-refractivity contribution is 0.0227. The molecule has 0 bridgehead atoms. The van der Waals surface area contributed by atoms with E-state index in [-0.39, 0.29) is 12.1 Å². The fourth-order valence-electron chi connectivity index (χ4n) is 3.16. The maximum absolute atomic E-state index is 12.4. The summed E-state index contributed by atoms with van der Waals surface area (Å²) in [5, 5.41) is 1.25. The van der Waals surface area contributed by atoms with Gasteiger partial charge in [0, 0.05) is 29.7 Å². The van der Waals surface area contributed by atoms with Gasteiger partial charge in [-0.25, -0.2) is 4.79 Å². The highest BCUT2D eigenvalue weighted by Crippen LogP contribution is 2.26. The molecule has 1 unspecified atom stereocenters. The van der Waals surface area contributed by atoms with Crippen LogP contribution in [0.5, 0.6) is 0 Å². The Morgan fingerprint density at radius 2 is 2.14 bits per heavy atom. The Kier molecular flexibility index (Phi) is 3.85. The molecule has 3 rings (SSSR count). The van der Waals surface area contributed by atoms with Crippen LogP contribution in [-0.2, 0) is 11.2 Å². The third-order valence-electron chi connectivity index (χ3n) is 4.14. The first kappa shape index (κ1) is 14.9. The van der Waals surface area contributed by atoms with Crippen LogP contribution in [0.4, 0.5) is 4.79 Å². The third kappa shape index (κ3) is 3.11. The molecule has 1 aliphatic heterocycles. The molecule has 118 valence electrons. The number of amides is 1. The fourth-order valence-corrected chi connectivity index (χ4v) is 3.16. The normalized spacial score (nSPS) is 18.9. The zero-order chi connectivity index (χ0) is 15.7. The van der Waals surface area contributed by atoms with E-state index in [1.54, 1.807) is 0 Å². The summed E-state index contributed by atoms with van der Waals surface area (Å²) in [6, 6.07) is 8.53. The number of aromatic nitrogens is 1.